The van der Waals surface area contributed by atoms with Crippen LogP contribution in [-0.2, 0) is 14.3 Å². The predicted octanol–water partition coefficient (Wildman–Crippen LogP) is 0.654. The number of likely N-dealkylation sites (tertiary alicyclic amines) is 1. The van der Waals surface area contributed by atoms with Gasteiger partial charge in [-0.15, -0.1) is 0 Å². The van der Waals surface area contributed by atoms with Crippen LogP contribution < -0.4 is 10.4 Å². The highest BCUT2D eigenvalue weighted by Gasteiger charge is 2.42. The van der Waals surface area contributed by atoms with Crippen molar-refractivity contribution >= 4 is 27.3 Å². The van der Waals surface area contributed by atoms with Crippen LogP contribution in [0.4, 0.5) is 4.79 Å². The molecule has 0 aromatic rings. The van der Waals surface area contributed by atoms with Crippen molar-refractivity contribution < 1.29 is 19.1 Å². The summed E-state index contributed by atoms with van der Waals surface area (Å²) in [4.78, 5) is 37.6. The maximum atomic E-state index is 12.7. The second kappa shape index (κ2) is 7.07. The molecule has 8 heteroatoms. The number of carbonyl (C=O) groups excluding carboxylic acids is 3. The number of ether oxygens (including phenoxy) is 1. The van der Waals surface area contributed by atoms with E-state index >= 15 is 0 Å². The average molecular weight is 317 g/mol. The van der Waals surface area contributed by atoms with Gasteiger partial charge in [0.05, 0.1) is 7.11 Å². The van der Waals surface area contributed by atoms with Gasteiger partial charge in [-0.2, -0.15) is 0 Å². The van der Waals surface area contributed by atoms with Crippen LogP contribution in [0.25, 0.3) is 0 Å². The number of hydrogen-bond donors (Lipinski definition) is 2. The third-order valence-electron chi connectivity index (χ3n) is 3.53. The lowest BCUT2D eigenvalue weighted by Crippen LogP contribution is -2.57. The molecule has 21 heavy (non-hydrogen) atoms. The van der Waals surface area contributed by atoms with Crippen molar-refractivity contribution in [1.29, 1.82) is 0 Å². The molecule has 1 aliphatic rings. The van der Waals surface area contributed by atoms with Gasteiger partial charge >= 0.3 is 12.0 Å². The van der Waals surface area contributed by atoms with E-state index in [1.807, 2.05) is 20.8 Å². The molecule has 1 fully saturated rings. The number of amides is 3. The Morgan fingerprint density at radius 1 is 1.33 bits per heavy atom. The molecule has 7 nitrogen and oxygen atoms in total. The second-order valence-corrected chi connectivity index (χ2v) is 6.42. The van der Waals surface area contributed by atoms with Crippen molar-refractivity contribution in [3.63, 3.8) is 0 Å². The van der Waals surface area contributed by atoms with E-state index in [4.69, 9.17) is 4.74 Å². The molecule has 1 unspecified atom stereocenters. The largest absolute Gasteiger partial charge is 0.467 e. The minimum atomic E-state index is -0.719. The number of hydrogen-bond acceptors (Lipinski definition) is 4. The fraction of sp³-hybridized carbons (Fsp3) is 0.769. The molecule has 2 N–H and O–H groups in total. The number of esters is 1. The zero-order valence-electron chi connectivity index (χ0n) is 12.9. The molecule has 1 heterocycles. The van der Waals surface area contributed by atoms with E-state index in [-0.39, 0.29) is 5.91 Å². The summed E-state index contributed by atoms with van der Waals surface area (Å²) in [5, 5.41) is 5.01. The van der Waals surface area contributed by atoms with Crippen molar-refractivity contribution in [3.05, 3.63) is 0 Å². The number of rotatable bonds is 3. The maximum absolute atomic E-state index is 12.7. The van der Waals surface area contributed by atoms with Gasteiger partial charge in [0.25, 0.3) is 0 Å². The summed E-state index contributed by atoms with van der Waals surface area (Å²) < 4.78 is 4.75. The van der Waals surface area contributed by atoms with E-state index in [1.54, 1.807) is 0 Å². The van der Waals surface area contributed by atoms with Crippen LogP contribution >= 0.6 is 9.39 Å². The first-order valence-electron chi connectivity index (χ1n) is 6.87. The Balaban J connectivity index is 2.94. The summed E-state index contributed by atoms with van der Waals surface area (Å²) in [5.74, 6) is -0.673. The molecule has 0 bridgehead atoms. The van der Waals surface area contributed by atoms with Gasteiger partial charge in [0, 0.05) is 6.54 Å². The molecule has 1 saturated heterocycles. The fourth-order valence-corrected chi connectivity index (χ4v) is 2.48. The highest BCUT2D eigenvalue weighted by molar-refractivity contribution is 7.15. The van der Waals surface area contributed by atoms with Gasteiger partial charge in [0.15, 0.2) is 0 Å². The molecule has 120 valence electrons. The van der Waals surface area contributed by atoms with E-state index in [0.717, 1.165) is 6.42 Å². The van der Waals surface area contributed by atoms with Crippen molar-refractivity contribution in [1.82, 2.24) is 15.3 Å². The zero-order chi connectivity index (χ0) is 16.2. The third-order valence-corrected chi connectivity index (χ3v) is 3.79. The Morgan fingerprint density at radius 2 is 1.95 bits per heavy atom. The van der Waals surface area contributed by atoms with Crippen LogP contribution in [0, 0.1) is 5.41 Å². The standard InChI is InChI=1S/C13H24N3O4P/c1-13(2,3)9(14-12(19)15-21)10(17)16-7-5-6-8(16)11(18)20-4/h8-9H,5-7,21H2,1-4H3,(H2,14,15,19)/t8-,9+/m0/s1. The van der Waals surface area contributed by atoms with Crippen molar-refractivity contribution in [2.75, 3.05) is 13.7 Å². The zero-order valence-corrected chi connectivity index (χ0v) is 14.1. The molecule has 1 aliphatic heterocycles. The Morgan fingerprint density at radius 3 is 2.43 bits per heavy atom. The SMILES string of the molecule is COC(=O)[C@@H]1CCCN1C(=O)[C@@H](NC(=O)NP)C(C)(C)C. The monoisotopic (exact) mass is 317 g/mol. The molecule has 3 atom stereocenters. The van der Waals surface area contributed by atoms with E-state index in [2.05, 4.69) is 19.8 Å². The maximum Gasteiger partial charge on any atom is 0.328 e. The van der Waals surface area contributed by atoms with Gasteiger partial charge in [-0.3, -0.25) is 4.79 Å². The first-order chi connectivity index (χ1) is 9.72. The summed E-state index contributed by atoms with van der Waals surface area (Å²) in [5.41, 5.74) is -0.475. The first kappa shape index (κ1) is 17.7. The Hall–Kier alpha value is -1.36. The minimum Gasteiger partial charge on any atom is -0.467 e. The number of carbonyl (C=O) groups is 3. The number of nitrogens with zero attached hydrogens (tertiary/aromatic N) is 1. The number of methoxy groups -OCH3 is 1. The molecule has 0 radical (unpaired) electrons. The summed E-state index contributed by atoms with van der Waals surface area (Å²) in [6.07, 6.45) is 1.34. The van der Waals surface area contributed by atoms with E-state index in [1.165, 1.54) is 12.0 Å². The second-order valence-electron chi connectivity index (χ2n) is 6.13. The highest BCUT2D eigenvalue weighted by atomic mass is 31.0. The molecule has 0 aliphatic carbocycles. The number of nitrogens with one attached hydrogen (secondary N) is 2. The molecule has 1 rings (SSSR count). The Kier molecular flexibility index (Phi) is 5.96. The van der Waals surface area contributed by atoms with Gasteiger partial charge in [-0.25, -0.2) is 9.59 Å². The predicted molar refractivity (Wildman–Crippen MR) is 81.4 cm³/mol. The van der Waals surface area contributed by atoms with Gasteiger partial charge in [0.2, 0.25) is 5.91 Å². The first-order valence-corrected chi connectivity index (χ1v) is 7.45. The van der Waals surface area contributed by atoms with Gasteiger partial charge in [-0.1, -0.05) is 20.8 Å². The molecule has 0 spiro atoms. The summed E-state index contributed by atoms with van der Waals surface area (Å²) in [6.45, 7) is 6.08. The highest BCUT2D eigenvalue weighted by Crippen LogP contribution is 2.26. The van der Waals surface area contributed by atoms with Crippen LogP contribution in [0.2, 0.25) is 0 Å². The molecular weight excluding hydrogens is 293 g/mol. The van der Waals surface area contributed by atoms with Crippen LogP contribution in [0.3, 0.4) is 0 Å². The van der Waals surface area contributed by atoms with Gasteiger partial charge in [-0.05, 0) is 27.6 Å². The van der Waals surface area contributed by atoms with Gasteiger partial charge < -0.3 is 20.0 Å². The molecular formula is C13H24N3O4P. The van der Waals surface area contributed by atoms with Crippen LogP contribution in [0.5, 0.6) is 0 Å². The summed E-state index contributed by atoms with van der Waals surface area (Å²) in [7, 11) is 3.40. The van der Waals surface area contributed by atoms with Crippen molar-refractivity contribution in [2.24, 2.45) is 5.41 Å². The molecule has 0 aromatic heterocycles. The van der Waals surface area contributed by atoms with Gasteiger partial charge in [0.1, 0.15) is 12.1 Å². The summed E-state index contributed by atoms with van der Waals surface area (Å²) >= 11 is 0. The fourth-order valence-electron chi connectivity index (χ4n) is 2.40. The van der Waals surface area contributed by atoms with E-state index in [0.29, 0.717) is 13.0 Å². The smallest absolute Gasteiger partial charge is 0.328 e. The van der Waals surface area contributed by atoms with Crippen LogP contribution in [0.15, 0.2) is 0 Å². The Bertz CT molecular complexity index is 422. The lowest BCUT2D eigenvalue weighted by Gasteiger charge is -2.34. The molecule has 3 amide bonds. The third kappa shape index (κ3) is 4.30. The average Bonchev–Trinajstić information content (AvgIpc) is 2.90. The van der Waals surface area contributed by atoms with Crippen LogP contribution in [-0.4, -0.2) is 48.5 Å². The number of urea groups is 1. The van der Waals surface area contributed by atoms with E-state index in [9.17, 15) is 14.4 Å². The lowest BCUT2D eigenvalue weighted by atomic mass is 9.85. The van der Waals surface area contributed by atoms with Crippen molar-refractivity contribution in [3.8, 4) is 0 Å². The quantitative estimate of drug-likeness (QED) is 0.591. The molecule has 0 saturated carbocycles. The normalized spacial score (nSPS) is 19.9. The van der Waals surface area contributed by atoms with Crippen molar-refractivity contribution in [2.45, 2.75) is 45.7 Å². The Labute approximate surface area is 127 Å². The van der Waals surface area contributed by atoms with E-state index < -0.39 is 29.5 Å². The summed E-state index contributed by atoms with van der Waals surface area (Å²) in [6, 6.07) is -1.74. The van der Waals surface area contributed by atoms with Crippen LogP contribution in [0.1, 0.15) is 33.6 Å². The topological polar surface area (TPSA) is 87.7 Å². The molecule has 0 aromatic carbocycles. The lowest BCUT2D eigenvalue weighted by molar-refractivity contribution is -0.152. The minimum absolute atomic E-state index is 0.260.